The largest absolute Gasteiger partial charge is 0.465 e. The number of aromatic nitrogens is 1. The Kier molecular flexibility index (Phi) is 4.29. The molecule has 0 radical (unpaired) electrons. The average Bonchev–Trinajstić information content (AvgIpc) is 3.12. The standard InChI is InChI=1S/C13H17BrN2O3/c1-3-19-12(17)8-15(2)13(18)11-6-9(14)7-16(11)10-4-5-10/h6-7,10H,3-5,8H2,1-2H3. The van der Waals surface area contributed by atoms with E-state index in [4.69, 9.17) is 4.74 Å². The molecule has 1 amide bonds. The quantitative estimate of drug-likeness (QED) is 0.779. The van der Waals surface area contributed by atoms with E-state index in [0.29, 0.717) is 18.3 Å². The van der Waals surface area contributed by atoms with Gasteiger partial charge in [-0.15, -0.1) is 0 Å². The minimum Gasteiger partial charge on any atom is -0.465 e. The summed E-state index contributed by atoms with van der Waals surface area (Å²) in [6, 6.07) is 2.21. The van der Waals surface area contributed by atoms with E-state index in [-0.39, 0.29) is 18.4 Å². The van der Waals surface area contributed by atoms with Crippen molar-refractivity contribution in [3.05, 3.63) is 22.4 Å². The number of rotatable bonds is 5. The molecule has 1 heterocycles. The number of carbonyl (C=O) groups is 2. The molecule has 1 aliphatic rings. The van der Waals surface area contributed by atoms with Crippen molar-refractivity contribution in [1.82, 2.24) is 9.47 Å². The molecule has 0 saturated heterocycles. The Morgan fingerprint density at radius 1 is 1.53 bits per heavy atom. The molecule has 0 spiro atoms. The summed E-state index contributed by atoms with van der Waals surface area (Å²) in [6.07, 6.45) is 4.12. The molecule has 0 atom stereocenters. The third kappa shape index (κ3) is 3.37. The van der Waals surface area contributed by atoms with Crippen LogP contribution in [-0.4, -0.2) is 41.5 Å². The Hall–Kier alpha value is -1.30. The van der Waals surface area contributed by atoms with Gasteiger partial charge < -0.3 is 14.2 Å². The lowest BCUT2D eigenvalue weighted by atomic mass is 10.3. The number of hydrogen-bond acceptors (Lipinski definition) is 3. The molecule has 0 unspecified atom stereocenters. The topological polar surface area (TPSA) is 51.5 Å². The van der Waals surface area contributed by atoms with Crippen LogP contribution in [0.2, 0.25) is 0 Å². The summed E-state index contributed by atoms with van der Waals surface area (Å²) in [5, 5.41) is 0. The number of ether oxygens (including phenoxy) is 1. The summed E-state index contributed by atoms with van der Waals surface area (Å²) in [5.74, 6) is -0.549. The zero-order valence-electron chi connectivity index (χ0n) is 11.1. The minimum absolute atomic E-state index is 0.0276. The Morgan fingerprint density at radius 3 is 2.79 bits per heavy atom. The summed E-state index contributed by atoms with van der Waals surface area (Å²) >= 11 is 3.39. The summed E-state index contributed by atoms with van der Waals surface area (Å²) < 4.78 is 7.71. The van der Waals surface area contributed by atoms with E-state index < -0.39 is 0 Å². The molecule has 1 aromatic heterocycles. The average molecular weight is 329 g/mol. The van der Waals surface area contributed by atoms with Gasteiger partial charge in [-0.1, -0.05) is 0 Å². The fourth-order valence-electron chi connectivity index (χ4n) is 1.94. The van der Waals surface area contributed by atoms with Crippen LogP contribution in [0.1, 0.15) is 36.3 Å². The fraction of sp³-hybridized carbons (Fsp3) is 0.538. The van der Waals surface area contributed by atoms with Crippen LogP contribution in [0, 0.1) is 0 Å². The van der Waals surface area contributed by atoms with E-state index >= 15 is 0 Å². The highest BCUT2D eigenvalue weighted by Gasteiger charge is 2.29. The van der Waals surface area contributed by atoms with Crippen LogP contribution in [0.15, 0.2) is 16.7 Å². The smallest absolute Gasteiger partial charge is 0.325 e. The molecule has 1 aromatic rings. The lowest BCUT2D eigenvalue weighted by Crippen LogP contribution is -2.34. The second-order valence-electron chi connectivity index (χ2n) is 4.65. The van der Waals surface area contributed by atoms with Gasteiger partial charge in [0, 0.05) is 23.8 Å². The van der Waals surface area contributed by atoms with Crippen LogP contribution in [-0.2, 0) is 9.53 Å². The van der Waals surface area contributed by atoms with Crippen LogP contribution < -0.4 is 0 Å². The fourth-order valence-corrected chi connectivity index (χ4v) is 2.38. The SMILES string of the molecule is CCOC(=O)CN(C)C(=O)c1cc(Br)cn1C1CC1. The Labute approximate surface area is 120 Å². The van der Waals surface area contributed by atoms with Gasteiger partial charge in [-0.25, -0.2) is 0 Å². The van der Waals surface area contributed by atoms with E-state index in [9.17, 15) is 9.59 Å². The second-order valence-corrected chi connectivity index (χ2v) is 5.56. The number of carbonyl (C=O) groups excluding carboxylic acids is 2. The molecule has 0 aromatic carbocycles. The first-order chi connectivity index (χ1) is 9.02. The van der Waals surface area contributed by atoms with E-state index in [1.165, 1.54) is 4.90 Å². The summed E-state index contributed by atoms with van der Waals surface area (Å²) in [5.41, 5.74) is 0.612. The van der Waals surface area contributed by atoms with Gasteiger partial charge in [0.2, 0.25) is 0 Å². The third-order valence-corrected chi connectivity index (χ3v) is 3.43. The predicted molar refractivity (Wildman–Crippen MR) is 74.0 cm³/mol. The Balaban J connectivity index is 2.08. The van der Waals surface area contributed by atoms with Crippen molar-refractivity contribution < 1.29 is 14.3 Å². The van der Waals surface area contributed by atoms with E-state index in [1.807, 2.05) is 10.8 Å². The number of halogens is 1. The Morgan fingerprint density at radius 2 is 2.21 bits per heavy atom. The van der Waals surface area contributed by atoms with E-state index in [2.05, 4.69) is 15.9 Å². The molecule has 1 fully saturated rings. The van der Waals surface area contributed by atoms with Gasteiger partial charge in [0.15, 0.2) is 0 Å². The van der Waals surface area contributed by atoms with Crippen LogP contribution in [0.5, 0.6) is 0 Å². The second kappa shape index (κ2) is 5.77. The van der Waals surface area contributed by atoms with Gasteiger partial charge in [0.05, 0.1) is 6.61 Å². The van der Waals surface area contributed by atoms with Gasteiger partial charge in [0.25, 0.3) is 5.91 Å². The van der Waals surface area contributed by atoms with Gasteiger partial charge in [0.1, 0.15) is 12.2 Å². The Bertz CT molecular complexity index is 494. The van der Waals surface area contributed by atoms with Gasteiger partial charge in [-0.2, -0.15) is 0 Å². The predicted octanol–water partition coefficient (Wildman–Crippen LogP) is 2.22. The van der Waals surface area contributed by atoms with Crippen molar-refractivity contribution in [2.45, 2.75) is 25.8 Å². The highest BCUT2D eigenvalue weighted by atomic mass is 79.9. The highest BCUT2D eigenvalue weighted by molar-refractivity contribution is 9.10. The maximum Gasteiger partial charge on any atom is 0.325 e. The van der Waals surface area contributed by atoms with Gasteiger partial charge in [-0.3, -0.25) is 9.59 Å². The van der Waals surface area contributed by atoms with Gasteiger partial charge >= 0.3 is 5.97 Å². The molecule has 0 aliphatic heterocycles. The molecule has 6 heteroatoms. The van der Waals surface area contributed by atoms with E-state index in [1.54, 1.807) is 20.0 Å². The van der Waals surface area contributed by atoms with Gasteiger partial charge in [-0.05, 0) is 41.8 Å². The number of nitrogens with zero attached hydrogens (tertiary/aromatic N) is 2. The van der Waals surface area contributed by atoms with Crippen molar-refractivity contribution in [2.24, 2.45) is 0 Å². The molecule has 0 bridgehead atoms. The van der Waals surface area contributed by atoms with Crippen LogP contribution >= 0.6 is 15.9 Å². The zero-order valence-corrected chi connectivity index (χ0v) is 12.6. The van der Waals surface area contributed by atoms with Crippen LogP contribution in [0.4, 0.5) is 0 Å². The lowest BCUT2D eigenvalue weighted by Gasteiger charge is -2.17. The van der Waals surface area contributed by atoms with Crippen LogP contribution in [0.25, 0.3) is 0 Å². The summed E-state index contributed by atoms with van der Waals surface area (Å²) in [7, 11) is 1.61. The van der Waals surface area contributed by atoms with Crippen molar-refractivity contribution in [2.75, 3.05) is 20.2 Å². The van der Waals surface area contributed by atoms with Crippen molar-refractivity contribution in [1.29, 1.82) is 0 Å². The highest BCUT2D eigenvalue weighted by Crippen LogP contribution is 2.37. The summed E-state index contributed by atoms with van der Waals surface area (Å²) in [4.78, 5) is 25.1. The molecule has 104 valence electrons. The van der Waals surface area contributed by atoms with Crippen LogP contribution in [0.3, 0.4) is 0 Å². The number of esters is 1. The minimum atomic E-state index is -0.387. The molecular formula is C13H17BrN2O3. The molecular weight excluding hydrogens is 312 g/mol. The first-order valence-electron chi connectivity index (χ1n) is 6.31. The molecule has 5 nitrogen and oxygen atoms in total. The maximum absolute atomic E-state index is 12.3. The number of amides is 1. The molecule has 2 rings (SSSR count). The van der Waals surface area contributed by atoms with Crippen molar-refractivity contribution >= 4 is 27.8 Å². The first kappa shape index (κ1) is 14.1. The first-order valence-corrected chi connectivity index (χ1v) is 7.10. The monoisotopic (exact) mass is 328 g/mol. The third-order valence-electron chi connectivity index (χ3n) is 2.99. The normalized spacial score (nSPS) is 14.3. The maximum atomic E-state index is 12.3. The molecule has 0 N–H and O–H groups in total. The number of hydrogen-bond donors (Lipinski definition) is 0. The van der Waals surface area contributed by atoms with Crippen molar-refractivity contribution in [3.63, 3.8) is 0 Å². The lowest BCUT2D eigenvalue weighted by molar-refractivity contribution is -0.143. The molecule has 1 saturated carbocycles. The molecule has 19 heavy (non-hydrogen) atoms. The zero-order chi connectivity index (χ0) is 14.0. The van der Waals surface area contributed by atoms with Crippen molar-refractivity contribution in [3.8, 4) is 0 Å². The number of likely N-dealkylation sites (N-methyl/N-ethyl adjacent to an activating group) is 1. The molecule has 1 aliphatic carbocycles. The van der Waals surface area contributed by atoms with E-state index in [0.717, 1.165) is 17.3 Å². The summed E-state index contributed by atoms with van der Waals surface area (Å²) in [6.45, 7) is 2.04.